The van der Waals surface area contributed by atoms with Crippen molar-refractivity contribution in [1.29, 1.82) is 0 Å². The number of rotatable bonds is 4. The summed E-state index contributed by atoms with van der Waals surface area (Å²) in [6, 6.07) is 11.9. The second-order valence-corrected chi connectivity index (χ2v) is 7.64. The lowest BCUT2D eigenvalue weighted by atomic mass is 10.1. The SMILES string of the molecule is Cc1ccc(-c2noc(C3CC(=O)N(Cc4ccc5c(c4)OCO5)C3)n2)c(C)c1. The summed E-state index contributed by atoms with van der Waals surface area (Å²) in [7, 11) is 0. The maximum atomic E-state index is 12.5. The van der Waals surface area contributed by atoms with Crippen molar-refractivity contribution in [3.63, 3.8) is 0 Å². The molecule has 1 aromatic heterocycles. The molecule has 29 heavy (non-hydrogen) atoms. The molecule has 1 fully saturated rings. The largest absolute Gasteiger partial charge is 0.454 e. The van der Waals surface area contributed by atoms with Gasteiger partial charge in [0, 0.05) is 25.1 Å². The normalized spacial score (nSPS) is 17.9. The number of ether oxygens (including phenoxy) is 2. The van der Waals surface area contributed by atoms with Crippen LogP contribution in [0.2, 0.25) is 0 Å². The van der Waals surface area contributed by atoms with E-state index in [-0.39, 0.29) is 18.6 Å². The van der Waals surface area contributed by atoms with Crippen LogP contribution in [0, 0.1) is 13.8 Å². The van der Waals surface area contributed by atoms with Crippen molar-refractivity contribution in [2.45, 2.75) is 32.7 Å². The van der Waals surface area contributed by atoms with Crippen LogP contribution in [0.3, 0.4) is 0 Å². The predicted molar refractivity (Wildman–Crippen MR) is 105 cm³/mol. The lowest BCUT2D eigenvalue weighted by molar-refractivity contribution is -0.128. The van der Waals surface area contributed by atoms with Gasteiger partial charge in [0.1, 0.15) is 0 Å². The van der Waals surface area contributed by atoms with Crippen LogP contribution in [0.25, 0.3) is 11.4 Å². The minimum atomic E-state index is -0.0940. The van der Waals surface area contributed by atoms with E-state index in [4.69, 9.17) is 14.0 Å². The molecule has 1 saturated heterocycles. The van der Waals surface area contributed by atoms with Crippen LogP contribution in [0.4, 0.5) is 0 Å². The summed E-state index contributed by atoms with van der Waals surface area (Å²) in [6.45, 7) is 5.40. The van der Waals surface area contributed by atoms with Gasteiger partial charge >= 0.3 is 0 Å². The molecule has 1 amide bonds. The van der Waals surface area contributed by atoms with Crippen molar-refractivity contribution in [3.05, 3.63) is 59.0 Å². The molecule has 0 spiro atoms. The van der Waals surface area contributed by atoms with Crippen molar-refractivity contribution >= 4 is 5.91 Å². The van der Waals surface area contributed by atoms with Gasteiger partial charge in [-0.2, -0.15) is 4.98 Å². The Balaban J connectivity index is 1.31. The van der Waals surface area contributed by atoms with E-state index in [1.807, 2.05) is 42.2 Å². The number of aryl methyl sites for hydroxylation is 2. The number of likely N-dealkylation sites (tertiary alicyclic amines) is 1. The number of hydrogen-bond donors (Lipinski definition) is 0. The highest BCUT2D eigenvalue weighted by Crippen LogP contribution is 2.34. The number of aromatic nitrogens is 2. The molecule has 2 aliphatic rings. The molecule has 0 aliphatic carbocycles. The molecule has 3 aromatic rings. The summed E-state index contributed by atoms with van der Waals surface area (Å²) in [5, 5.41) is 4.15. The average Bonchev–Trinajstić information content (AvgIpc) is 3.42. The zero-order valence-electron chi connectivity index (χ0n) is 16.3. The highest BCUT2D eigenvalue weighted by atomic mass is 16.7. The van der Waals surface area contributed by atoms with Crippen LogP contribution >= 0.6 is 0 Å². The fourth-order valence-corrected chi connectivity index (χ4v) is 3.93. The van der Waals surface area contributed by atoms with Gasteiger partial charge in [-0.3, -0.25) is 4.79 Å². The maximum Gasteiger partial charge on any atom is 0.232 e. The van der Waals surface area contributed by atoms with E-state index in [0.717, 1.165) is 28.2 Å². The van der Waals surface area contributed by atoms with Crippen molar-refractivity contribution in [3.8, 4) is 22.9 Å². The molecule has 7 heteroatoms. The number of hydrogen-bond acceptors (Lipinski definition) is 6. The molecule has 0 bridgehead atoms. The summed E-state index contributed by atoms with van der Waals surface area (Å²) in [6.07, 6.45) is 0.374. The van der Waals surface area contributed by atoms with E-state index >= 15 is 0 Å². The fourth-order valence-electron chi connectivity index (χ4n) is 3.93. The van der Waals surface area contributed by atoms with Gasteiger partial charge in [0.15, 0.2) is 11.5 Å². The van der Waals surface area contributed by atoms with Crippen LogP contribution < -0.4 is 9.47 Å². The molecular formula is C22H21N3O4. The summed E-state index contributed by atoms with van der Waals surface area (Å²) < 4.78 is 16.3. The van der Waals surface area contributed by atoms with Crippen LogP contribution in [0.1, 0.15) is 34.9 Å². The Bertz CT molecular complexity index is 1090. The minimum absolute atomic E-state index is 0.0823. The van der Waals surface area contributed by atoms with Gasteiger partial charge in [-0.25, -0.2) is 0 Å². The van der Waals surface area contributed by atoms with E-state index in [0.29, 0.717) is 31.2 Å². The maximum absolute atomic E-state index is 12.5. The second-order valence-electron chi connectivity index (χ2n) is 7.64. The predicted octanol–water partition coefficient (Wildman–Crippen LogP) is 3.60. The van der Waals surface area contributed by atoms with Gasteiger partial charge in [0.2, 0.25) is 24.4 Å². The van der Waals surface area contributed by atoms with E-state index in [1.165, 1.54) is 5.56 Å². The van der Waals surface area contributed by atoms with Crippen LogP contribution in [-0.2, 0) is 11.3 Å². The third kappa shape index (κ3) is 3.33. The number of nitrogens with zero attached hydrogens (tertiary/aromatic N) is 3. The highest BCUT2D eigenvalue weighted by Gasteiger charge is 2.34. The summed E-state index contributed by atoms with van der Waals surface area (Å²) >= 11 is 0. The third-order valence-corrected chi connectivity index (χ3v) is 5.44. The molecule has 1 unspecified atom stereocenters. The van der Waals surface area contributed by atoms with E-state index in [2.05, 4.69) is 23.1 Å². The molecule has 148 valence electrons. The molecule has 0 N–H and O–H groups in total. The average molecular weight is 391 g/mol. The highest BCUT2D eigenvalue weighted by molar-refractivity contribution is 5.79. The Labute approximate surface area is 168 Å². The quantitative estimate of drug-likeness (QED) is 0.676. The first-order chi connectivity index (χ1) is 14.1. The van der Waals surface area contributed by atoms with Crippen molar-refractivity contribution < 1.29 is 18.8 Å². The summed E-state index contributed by atoms with van der Waals surface area (Å²) in [4.78, 5) is 19.0. The van der Waals surface area contributed by atoms with Gasteiger partial charge in [-0.05, 0) is 37.1 Å². The van der Waals surface area contributed by atoms with Crippen molar-refractivity contribution in [1.82, 2.24) is 15.0 Å². The fraction of sp³-hybridized carbons (Fsp3) is 0.318. The number of carbonyl (C=O) groups excluding carboxylic acids is 1. The van der Waals surface area contributed by atoms with Crippen LogP contribution in [0.5, 0.6) is 11.5 Å². The summed E-state index contributed by atoms with van der Waals surface area (Å²) in [5.41, 5.74) is 4.25. The Kier molecular flexibility index (Phi) is 4.23. The molecule has 2 aliphatic heterocycles. The standard InChI is InChI=1S/C22H21N3O4/c1-13-3-5-17(14(2)7-13)21-23-22(29-24-21)16-9-20(26)25(11-16)10-15-4-6-18-19(8-15)28-12-27-18/h3-8,16H,9-12H2,1-2H3. The smallest absolute Gasteiger partial charge is 0.232 e. The van der Waals surface area contributed by atoms with E-state index in [1.54, 1.807) is 0 Å². The van der Waals surface area contributed by atoms with Gasteiger partial charge in [-0.15, -0.1) is 0 Å². The number of carbonyl (C=O) groups is 1. The topological polar surface area (TPSA) is 77.7 Å². The van der Waals surface area contributed by atoms with Gasteiger partial charge < -0.3 is 18.9 Å². The van der Waals surface area contributed by atoms with Crippen LogP contribution in [-0.4, -0.2) is 34.3 Å². The van der Waals surface area contributed by atoms with Gasteiger partial charge in [0.05, 0.1) is 5.92 Å². The first kappa shape index (κ1) is 17.7. The molecule has 3 heterocycles. The minimum Gasteiger partial charge on any atom is -0.454 e. The van der Waals surface area contributed by atoms with E-state index < -0.39 is 0 Å². The van der Waals surface area contributed by atoms with E-state index in [9.17, 15) is 4.79 Å². The Morgan fingerprint density at radius 2 is 1.97 bits per heavy atom. The zero-order chi connectivity index (χ0) is 20.0. The zero-order valence-corrected chi connectivity index (χ0v) is 16.3. The van der Waals surface area contributed by atoms with Crippen molar-refractivity contribution in [2.75, 3.05) is 13.3 Å². The molecule has 1 atom stereocenters. The molecular weight excluding hydrogens is 370 g/mol. The van der Waals surface area contributed by atoms with Gasteiger partial charge in [0.25, 0.3) is 0 Å². The Morgan fingerprint density at radius 1 is 1.10 bits per heavy atom. The lowest BCUT2D eigenvalue weighted by Crippen LogP contribution is -2.24. The molecule has 2 aromatic carbocycles. The molecule has 7 nitrogen and oxygen atoms in total. The Morgan fingerprint density at radius 3 is 2.83 bits per heavy atom. The Hall–Kier alpha value is -3.35. The number of amides is 1. The monoisotopic (exact) mass is 391 g/mol. The molecule has 0 radical (unpaired) electrons. The lowest BCUT2D eigenvalue weighted by Gasteiger charge is -2.16. The first-order valence-electron chi connectivity index (χ1n) is 9.64. The molecule has 5 rings (SSSR count). The first-order valence-corrected chi connectivity index (χ1v) is 9.64. The van der Waals surface area contributed by atoms with Crippen LogP contribution in [0.15, 0.2) is 40.9 Å². The number of benzene rings is 2. The van der Waals surface area contributed by atoms with Crippen molar-refractivity contribution in [2.24, 2.45) is 0 Å². The second kappa shape index (κ2) is 6.92. The number of fused-ring (bicyclic) bond motifs is 1. The molecule has 0 saturated carbocycles. The third-order valence-electron chi connectivity index (χ3n) is 5.44. The summed E-state index contributed by atoms with van der Waals surface area (Å²) in [5.74, 6) is 2.54. The van der Waals surface area contributed by atoms with Gasteiger partial charge in [-0.1, -0.05) is 35.0 Å².